The molecule has 1 atom stereocenters. The zero-order valence-corrected chi connectivity index (χ0v) is 11.7. The summed E-state index contributed by atoms with van der Waals surface area (Å²) in [6, 6.07) is 6.21. The van der Waals surface area contributed by atoms with Gasteiger partial charge in [0.1, 0.15) is 0 Å². The predicted molar refractivity (Wildman–Crippen MR) is 72.1 cm³/mol. The largest absolute Gasteiger partial charge is 0.446 e. The Hall–Kier alpha value is -0.390. The number of hydrogen-bond donors (Lipinski definition) is 1. The van der Waals surface area contributed by atoms with Crippen molar-refractivity contribution in [3.63, 3.8) is 0 Å². The van der Waals surface area contributed by atoms with Crippen LogP contribution in [0.1, 0.15) is 37.8 Å². The van der Waals surface area contributed by atoms with Crippen molar-refractivity contribution in [3.8, 4) is 0 Å². The van der Waals surface area contributed by atoms with E-state index in [1.165, 1.54) is 12.1 Å². The molecule has 1 aromatic carbocycles. The highest BCUT2D eigenvalue weighted by Gasteiger charge is 2.29. The molecule has 0 bridgehead atoms. The van der Waals surface area contributed by atoms with Crippen LogP contribution in [0.25, 0.3) is 0 Å². The molecule has 0 aliphatic carbocycles. The molecule has 0 fully saturated rings. The third-order valence-corrected chi connectivity index (χ3v) is 3.15. The molecule has 0 unspecified atom stereocenters. The van der Waals surface area contributed by atoms with Gasteiger partial charge in [0, 0.05) is 10.9 Å². The highest BCUT2D eigenvalue weighted by atomic mass is 35.5. The first kappa shape index (κ1) is 17.6. The summed E-state index contributed by atoms with van der Waals surface area (Å²) in [6.45, 7) is 2.08. The molecule has 2 N–H and O–H groups in total. The Balaban J connectivity index is 0.00000289. The van der Waals surface area contributed by atoms with Crippen molar-refractivity contribution in [1.82, 2.24) is 0 Å². The maximum absolute atomic E-state index is 12.1. The molecule has 18 heavy (non-hydrogen) atoms. The van der Waals surface area contributed by atoms with Crippen molar-refractivity contribution < 1.29 is 13.2 Å². The van der Waals surface area contributed by atoms with Crippen LogP contribution in [0.5, 0.6) is 0 Å². The number of hydrogen-bond acceptors (Lipinski definition) is 2. The Bertz CT molecular complexity index is 340. The quantitative estimate of drug-likeness (QED) is 0.782. The maximum atomic E-state index is 12.1. The fourth-order valence-corrected chi connectivity index (χ4v) is 2.05. The van der Waals surface area contributed by atoms with E-state index in [2.05, 4.69) is 6.92 Å². The van der Waals surface area contributed by atoms with Crippen LogP contribution >= 0.6 is 24.2 Å². The monoisotopic (exact) mass is 299 g/mol. The molecule has 0 amide bonds. The molecule has 0 saturated carbocycles. The standard InChI is InChI=1S/C12H16F3NS.ClH/c1-2-3-4-11(16)9-5-7-10(8-6-9)17-12(13,14)15;/h5-8,11H,2-4,16H2,1H3;1H/t11-;/m1./s1. The van der Waals surface area contributed by atoms with E-state index in [1.807, 2.05) is 0 Å². The van der Waals surface area contributed by atoms with E-state index in [-0.39, 0.29) is 35.1 Å². The first-order chi connectivity index (χ1) is 7.92. The Morgan fingerprint density at radius 3 is 2.22 bits per heavy atom. The molecule has 0 radical (unpaired) electrons. The predicted octanol–water partition coefficient (Wildman–Crippen LogP) is 4.91. The van der Waals surface area contributed by atoms with Crippen LogP contribution in [0.4, 0.5) is 13.2 Å². The zero-order valence-electron chi connectivity index (χ0n) is 10.0. The number of alkyl halides is 3. The lowest BCUT2D eigenvalue weighted by Crippen LogP contribution is -2.09. The van der Waals surface area contributed by atoms with E-state index < -0.39 is 5.51 Å². The SMILES string of the molecule is CCCC[C@@H](N)c1ccc(SC(F)(F)F)cc1.Cl. The van der Waals surface area contributed by atoms with Crippen molar-refractivity contribution >= 4 is 24.2 Å². The van der Waals surface area contributed by atoms with E-state index >= 15 is 0 Å². The summed E-state index contributed by atoms with van der Waals surface area (Å²) >= 11 is -0.102. The fourth-order valence-electron chi connectivity index (χ4n) is 1.51. The molecule has 1 nitrogen and oxygen atoms in total. The number of unbranched alkanes of at least 4 members (excludes halogenated alkanes) is 1. The molecule has 0 spiro atoms. The highest BCUT2D eigenvalue weighted by Crippen LogP contribution is 2.37. The van der Waals surface area contributed by atoms with Gasteiger partial charge in [-0.2, -0.15) is 13.2 Å². The third kappa shape index (κ3) is 6.52. The number of halogens is 4. The van der Waals surface area contributed by atoms with Gasteiger partial charge in [-0.3, -0.25) is 0 Å². The van der Waals surface area contributed by atoms with Crippen molar-refractivity contribution in [2.75, 3.05) is 0 Å². The first-order valence-corrected chi connectivity index (χ1v) is 6.35. The summed E-state index contributed by atoms with van der Waals surface area (Å²) in [5.74, 6) is 0. The van der Waals surface area contributed by atoms with Crippen LogP contribution in [0.3, 0.4) is 0 Å². The highest BCUT2D eigenvalue weighted by molar-refractivity contribution is 8.00. The minimum atomic E-state index is -4.23. The van der Waals surface area contributed by atoms with E-state index in [0.29, 0.717) is 0 Å². The van der Waals surface area contributed by atoms with Gasteiger partial charge in [-0.05, 0) is 35.9 Å². The average Bonchev–Trinajstić information content (AvgIpc) is 2.24. The van der Waals surface area contributed by atoms with E-state index in [0.717, 1.165) is 24.8 Å². The summed E-state index contributed by atoms with van der Waals surface area (Å²) in [6.07, 6.45) is 2.96. The average molecular weight is 300 g/mol. The van der Waals surface area contributed by atoms with Crippen molar-refractivity contribution in [2.24, 2.45) is 5.73 Å². The van der Waals surface area contributed by atoms with Crippen molar-refractivity contribution in [2.45, 2.75) is 42.6 Å². The van der Waals surface area contributed by atoms with E-state index in [9.17, 15) is 13.2 Å². The third-order valence-electron chi connectivity index (χ3n) is 2.41. The van der Waals surface area contributed by atoms with Crippen molar-refractivity contribution in [3.05, 3.63) is 29.8 Å². The summed E-state index contributed by atoms with van der Waals surface area (Å²) < 4.78 is 36.3. The molecule has 104 valence electrons. The molecule has 0 aliphatic rings. The maximum Gasteiger partial charge on any atom is 0.446 e. The van der Waals surface area contributed by atoms with Gasteiger partial charge in [-0.1, -0.05) is 31.9 Å². The van der Waals surface area contributed by atoms with Crippen molar-refractivity contribution in [1.29, 1.82) is 0 Å². The second-order valence-corrected chi connectivity index (χ2v) is 5.00. The van der Waals surface area contributed by atoms with Crippen LogP contribution in [0, 0.1) is 0 Å². The van der Waals surface area contributed by atoms with Crippen LogP contribution in [-0.2, 0) is 0 Å². The van der Waals surface area contributed by atoms with Gasteiger partial charge in [0.05, 0.1) is 0 Å². The number of nitrogens with two attached hydrogens (primary N) is 1. The number of thioether (sulfide) groups is 1. The lowest BCUT2D eigenvalue weighted by molar-refractivity contribution is -0.0328. The Morgan fingerprint density at radius 2 is 1.78 bits per heavy atom. The minimum absolute atomic E-state index is 0. The molecule has 1 aromatic rings. The van der Waals surface area contributed by atoms with E-state index in [1.54, 1.807) is 12.1 Å². The molecular formula is C12H17ClF3NS. The van der Waals surface area contributed by atoms with Gasteiger partial charge < -0.3 is 5.73 Å². The number of rotatable bonds is 5. The zero-order chi connectivity index (χ0) is 12.9. The summed E-state index contributed by atoms with van der Waals surface area (Å²) in [7, 11) is 0. The van der Waals surface area contributed by atoms with Gasteiger partial charge >= 0.3 is 5.51 Å². The normalized spacial score (nSPS) is 12.9. The minimum Gasteiger partial charge on any atom is -0.324 e. The van der Waals surface area contributed by atoms with Gasteiger partial charge in [-0.15, -0.1) is 12.4 Å². The van der Waals surface area contributed by atoms with Gasteiger partial charge in [0.15, 0.2) is 0 Å². The summed E-state index contributed by atoms with van der Waals surface area (Å²) in [5, 5.41) is 0. The second kappa shape index (κ2) is 7.92. The Kier molecular flexibility index (Phi) is 7.75. The molecule has 0 heterocycles. The molecule has 0 aromatic heterocycles. The van der Waals surface area contributed by atoms with Gasteiger partial charge in [0.2, 0.25) is 0 Å². The van der Waals surface area contributed by atoms with Gasteiger partial charge in [-0.25, -0.2) is 0 Å². The summed E-state index contributed by atoms with van der Waals surface area (Å²) in [5.41, 5.74) is 2.59. The number of benzene rings is 1. The topological polar surface area (TPSA) is 26.0 Å². The van der Waals surface area contributed by atoms with Crippen LogP contribution in [-0.4, -0.2) is 5.51 Å². The Morgan fingerprint density at radius 1 is 1.22 bits per heavy atom. The molecule has 0 saturated heterocycles. The molecule has 0 aliphatic heterocycles. The van der Waals surface area contributed by atoms with Crippen LogP contribution in [0.15, 0.2) is 29.2 Å². The lowest BCUT2D eigenvalue weighted by atomic mass is 10.0. The molecule has 1 rings (SSSR count). The van der Waals surface area contributed by atoms with Crippen LogP contribution in [0.2, 0.25) is 0 Å². The summed E-state index contributed by atoms with van der Waals surface area (Å²) in [4.78, 5) is 0.198. The fraction of sp³-hybridized carbons (Fsp3) is 0.500. The lowest BCUT2D eigenvalue weighted by Gasteiger charge is -2.12. The van der Waals surface area contributed by atoms with Gasteiger partial charge in [0.25, 0.3) is 0 Å². The van der Waals surface area contributed by atoms with E-state index in [4.69, 9.17) is 5.73 Å². The molecular weight excluding hydrogens is 283 g/mol. The molecule has 6 heteroatoms. The van der Waals surface area contributed by atoms with Crippen LogP contribution < -0.4 is 5.73 Å². The smallest absolute Gasteiger partial charge is 0.324 e. The second-order valence-electron chi connectivity index (χ2n) is 3.87. The first-order valence-electron chi connectivity index (χ1n) is 5.53. The Labute approximate surface area is 116 Å².